The van der Waals surface area contributed by atoms with E-state index >= 15 is 0 Å². The number of imidazole rings is 2. The molecule has 0 aliphatic rings. The van der Waals surface area contributed by atoms with Gasteiger partial charge in [-0.15, -0.1) is 11.3 Å². The Morgan fingerprint density at radius 3 is 2.61 bits per heavy atom. The molecule has 0 saturated heterocycles. The Balaban J connectivity index is 1.49. The predicted octanol–water partition coefficient (Wildman–Crippen LogP) is 4.69. The van der Waals surface area contributed by atoms with E-state index in [9.17, 15) is 5.11 Å². The molecule has 0 fully saturated rings. The maximum absolute atomic E-state index is 10.3. The van der Waals surface area contributed by atoms with Crippen LogP contribution in [0.2, 0.25) is 5.02 Å². The fourth-order valence-electron chi connectivity index (χ4n) is 4.07. The summed E-state index contributed by atoms with van der Waals surface area (Å²) in [7, 11) is 0. The fourth-order valence-corrected chi connectivity index (χ4v) is 4.77. The minimum atomic E-state index is -0.265. The normalized spacial score (nSPS) is 12.5. The average Bonchev–Trinajstić information content (AvgIpc) is 3.54. The Kier molecular flexibility index (Phi) is 5.97. The summed E-state index contributed by atoms with van der Waals surface area (Å²) in [6.45, 7) is 3.98. The molecular formula is C24H23ClN6OS. The summed E-state index contributed by atoms with van der Waals surface area (Å²) >= 11 is 7.62. The second-order valence-corrected chi connectivity index (χ2v) is 9.33. The molecule has 5 rings (SSSR count). The highest BCUT2D eigenvalue weighted by atomic mass is 35.5. The van der Waals surface area contributed by atoms with Gasteiger partial charge in [0.2, 0.25) is 5.78 Å². The summed E-state index contributed by atoms with van der Waals surface area (Å²) in [4.78, 5) is 19.3. The molecule has 1 N–H and O–H groups in total. The number of hydrogen-bond donors (Lipinski definition) is 1. The second-order valence-electron chi connectivity index (χ2n) is 8.01. The van der Waals surface area contributed by atoms with Gasteiger partial charge in [0, 0.05) is 41.4 Å². The van der Waals surface area contributed by atoms with Crippen molar-refractivity contribution in [2.24, 2.45) is 0 Å². The third-order valence-electron chi connectivity index (χ3n) is 5.67. The lowest BCUT2D eigenvalue weighted by Gasteiger charge is -2.19. The number of aromatic nitrogens is 6. The molecular weight excluding hydrogens is 456 g/mol. The highest BCUT2D eigenvalue weighted by Gasteiger charge is 2.20. The van der Waals surface area contributed by atoms with E-state index in [1.807, 2.05) is 60.2 Å². The lowest BCUT2D eigenvalue weighted by atomic mass is 10.1. The number of nitrogens with zero attached hydrogens (tertiary/aromatic N) is 6. The van der Waals surface area contributed by atoms with Gasteiger partial charge in [0.25, 0.3) is 0 Å². The van der Waals surface area contributed by atoms with Crippen LogP contribution in [0.3, 0.4) is 0 Å². The molecule has 168 valence electrons. The van der Waals surface area contributed by atoms with Gasteiger partial charge < -0.3 is 9.67 Å². The minimum Gasteiger partial charge on any atom is -0.394 e. The van der Waals surface area contributed by atoms with Crippen molar-refractivity contribution in [2.45, 2.75) is 32.7 Å². The summed E-state index contributed by atoms with van der Waals surface area (Å²) in [6.07, 6.45) is 7.23. The van der Waals surface area contributed by atoms with Crippen LogP contribution in [0.5, 0.6) is 0 Å². The summed E-state index contributed by atoms with van der Waals surface area (Å²) in [5, 5.41) is 11.0. The highest BCUT2D eigenvalue weighted by Crippen LogP contribution is 2.28. The minimum absolute atomic E-state index is 0.0517. The van der Waals surface area contributed by atoms with E-state index in [2.05, 4.69) is 21.5 Å². The van der Waals surface area contributed by atoms with E-state index in [1.165, 1.54) is 0 Å². The van der Waals surface area contributed by atoms with Crippen LogP contribution in [0.25, 0.3) is 16.3 Å². The van der Waals surface area contributed by atoms with Crippen LogP contribution in [0, 0.1) is 13.8 Å². The van der Waals surface area contributed by atoms with Gasteiger partial charge in [-0.05, 0) is 44.0 Å². The zero-order chi connectivity index (χ0) is 22.9. The molecule has 0 aliphatic carbocycles. The van der Waals surface area contributed by atoms with Gasteiger partial charge in [0.1, 0.15) is 11.5 Å². The van der Waals surface area contributed by atoms with Gasteiger partial charge in [0.05, 0.1) is 28.7 Å². The first kappa shape index (κ1) is 21.8. The zero-order valence-electron chi connectivity index (χ0n) is 18.3. The van der Waals surface area contributed by atoms with Gasteiger partial charge in [-0.25, -0.2) is 15.0 Å². The number of aliphatic hydroxyl groups is 1. The van der Waals surface area contributed by atoms with Crippen LogP contribution in [0.4, 0.5) is 0 Å². The van der Waals surface area contributed by atoms with Crippen LogP contribution >= 0.6 is 22.9 Å². The Hall–Kier alpha value is -3.07. The Morgan fingerprint density at radius 2 is 1.88 bits per heavy atom. The molecule has 0 amide bonds. The standard InChI is InChI=1S/C24H23ClN6OS/c1-15-9-16(2)30-11-19(28-24(30)27-15)7-8-23-29-20(22-10-26-14-33-22)12-31(23)21(13-32)17-3-5-18(25)6-4-17/h3-6,9-12,14,21,32H,7-8,13H2,1-2H3. The number of fused-ring (bicyclic) bond motifs is 1. The molecule has 9 heteroatoms. The van der Waals surface area contributed by atoms with E-state index in [4.69, 9.17) is 21.6 Å². The molecule has 1 atom stereocenters. The van der Waals surface area contributed by atoms with Crippen molar-refractivity contribution in [1.82, 2.24) is 28.9 Å². The lowest BCUT2D eigenvalue weighted by Crippen LogP contribution is -2.17. The molecule has 0 radical (unpaired) electrons. The SMILES string of the molecule is Cc1cc(C)n2cc(CCc3nc(-c4cncs4)cn3C(CO)c3ccc(Cl)cc3)nc2n1. The highest BCUT2D eigenvalue weighted by molar-refractivity contribution is 7.13. The van der Waals surface area contributed by atoms with E-state index < -0.39 is 0 Å². The first-order valence-corrected chi connectivity index (χ1v) is 11.9. The van der Waals surface area contributed by atoms with Crippen LogP contribution in [0.1, 0.15) is 34.5 Å². The molecule has 4 heterocycles. The number of halogens is 1. The molecule has 7 nitrogen and oxygen atoms in total. The lowest BCUT2D eigenvalue weighted by molar-refractivity contribution is 0.247. The monoisotopic (exact) mass is 478 g/mol. The van der Waals surface area contributed by atoms with Gasteiger partial charge in [-0.2, -0.15) is 0 Å². The first-order valence-electron chi connectivity index (χ1n) is 10.7. The summed E-state index contributed by atoms with van der Waals surface area (Å²) in [5.74, 6) is 1.59. The van der Waals surface area contributed by atoms with E-state index in [1.54, 1.807) is 16.8 Å². The summed E-state index contributed by atoms with van der Waals surface area (Å²) in [5.41, 5.74) is 6.63. The molecule has 0 aliphatic heterocycles. The molecule has 0 saturated carbocycles. The number of rotatable bonds is 7. The van der Waals surface area contributed by atoms with Crippen LogP contribution in [0.15, 0.2) is 54.4 Å². The molecule has 1 unspecified atom stereocenters. The molecule has 33 heavy (non-hydrogen) atoms. The van der Waals surface area contributed by atoms with E-state index in [-0.39, 0.29) is 12.6 Å². The number of aryl methyl sites for hydroxylation is 4. The smallest absolute Gasteiger partial charge is 0.234 e. The van der Waals surface area contributed by atoms with Crippen molar-refractivity contribution in [3.8, 4) is 10.6 Å². The Morgan fingerprint density at radius 1 is 1.06 bits per heavy atom. The van der Waals surface area contributed by atoms with Gasteiger partial charge >= 0.3 is 0 Å². The molecule has 0 spiro atoms. The van der Waals surface area contributed by atoms with Crippen molar-refractivity contribution >= 4 is 28.7 Å². The van der Waals surface area contributed by atoms with Crippen molar-refractivity contribution < 1.29 is 5.11 Å². The Bertz CT molecular complexity index is 1390. The molecule has 5 aromatic rings. The summed E-state index contributed by atoms with van der Waals surface area (Å²) < 4.78 is 4.07. The molecule has 4 aromatic heterocycles. The second kappa shape index (κ2) is 9.05. The van der Waals surface area contributed by atoms with Crippen molar-refractivity contribution in [1.29, 1.82) is 0 Å². The number of hydrogen-bond acceptors (Lipinski definition) is 6. The quantitative estimate of drug-likeness (QED) is 0.367. The third-order valence-corrected chi connectivity index (χ3v) is 6.72. The van der Waals surface area contributed by atoms with E-state index in [0.717, 1.165) is 39.0 Å². The van der Waals surface area contributed by atoms with Crippen molar-refractivity contribution in [3.63, 3.8) is 0 Å². The zero-order valence-corrected chi connectivity index (χ0v) is 19.9. The summed E-state index contributed by atoms with van der Waals surface area (Å²) in [6, 6.07) is 9.35. The topological polar surface area (TPSA) is 81.1 Å². The fraction of sp³-hybridized carbons (Fsp3) is 0.250. The van der Waals surface area contributed by atoms with Gasteiger partial charge in [-0.1, -0.05) is 23.7 Å². The predicted molar refractivity (Wildman–Crippen MR) is 130 cm³/mol. The van der Waals surface area contributed by atoms with Gasteiger partial charge in [-0.3, -0.25) is 9.38 Å². The van der Waals surface area contributed by atoms with Crippen LogP contribution in [-0.2, 0) is 12.8 Å². The van der Waals surface area contributed by atoms with Gasteiger partial charge in [0.15, 0.2) is 0 Å². The van der Waals surface area contributed by atoms with Crippen molar-refractivity contribution in [2.75, 3.05) is 6.61 Å². The van der Waals surface area contributed by atoms with Crippen LogP contribution < -0.4 is 0 Å². The molecule has 1 aromatic carbocycles. The average molecular weight is 479 g/mol. The third kappa shape index (κ3) is 4.42. The number of thiazole rings is 1. The number of aliphatic hydroxyl groups excluding tert-OH is 1. The van der Waals surface area contributed by atoms with Crippen molar-refractivity contribution in [3.05, 3.63) is 87.9 Å². The Labute approximate surface area is 200 Å². The first-order chi connectivity index (χ1) is 16.0. The van der Waals surface area contributed by atoms with E-state index in [0.29, 0.717) is 23.6 Å². The maximum Gasteiger partial charge on any atom is 0.234 e. The molecule has 0 bridgehead atoms. The van der Waals surface area contributed by atoms with Crippen LogP contribution in [-0.4, -0.2) is 40.6 Å². The maximum atomic E-state index is 10.3. The largest absolute Gasteiger partial charge is 0.394 e. The number of benzene rings is 1.